The Balaban J connectivity index is 2.20. The molecule has 0 saturated carbocycles. The average molecular weight is 331 g/mol. The van der Waals surface area contributed by atoms with Gasteiger partial charge in [0.2, 0.25) is 5.76 Å². The molecule has 23 heavy (non-hydrogen) atoms. The van der Waals surface area contributed by atoms with E-state index in [0.717, 1.165) is 18.2 Å². The van der Waals surface area contributed by atoms with E-state index in [-0.39, 0.29) is 11.3 Å². The highest BCUT2D eigenvalue weighted by Gasteiger charge is 2.35. The normalized spacial score (nSPS) is 14.5. The number of benzene rings is 1. The fourth-order valence-corrected chi connectivity index (χ4v) is 2.07. The number of furan rings is 1. The van der Waals surface area contributed by atoms with Crippen molar-refractivity contribution in [1.82, 2.24) is 0 Å². The van der Waals surface area contributed by atoms with Crippen LogP contribution in [0.5, 0.6) is 0 Å². The zero-order chi connectivity index (χ0) is 17.2. The Hall–Kier alpha value is -2.35. The maximum absolute atomic E-state index is 12.8. The van der Waals surface area contributed by atoms with Crippen molar-refractivity contribution in [3.8, 4) is 0 Å². The van der Waals surface area contributed by atoms with Gasteiger partial charge < -0.3 is 19.4 Å². The number of halogens is 4. The minimum absolute atomic E-state index is 0.100. The topological polar surface area (TPSA) is 73.5 Å². The number of carbonyl (C=O) groups is 1. The number of alkyl halides is 3. The van der Waals surface area contributed by atoms with Crippen LogP contribution in [0.1, 0.15) is 23.2 Å². The largest absolute Gasteiger partial charge is 0.550 e. The second-order valence-electron chi connectivity index (χ2n) is 4.89. The summed E-state index contributed by atoms with van der Waals surface area (Å²) in [6, 6.07) is 6.07. The zero-order valence-corrected chi connectivity index (χ0v) is 11.5. The predicted octanol–water partition coefficient (Wildman–Crippen LogP) is 2.08. The highest BCUT2D eigenvalue weighted by atomic mass is 19.4. The fraction of sp³-hybridized carbons (Fsp3) is 0.267. The Morgan fingerprint density at radius 3 is 2.26 bits per heavy atom. The van der Waals surface area contributed by atoms with Gasteiger partial charge in [0.05, 0.1) is 6.10 Å². The summed E-state index contributed by atoms with van der Waals surface area (Å²) in [4.78, 5) is 11.2. The summed E-state index contributed by atoms with van der Waals surface area (Å²) < 4.78 is 54.7. The molecule has 1 N–H and O–H groups in total. The molecule has 1 aromatic heterocycles. The smallest absolute Gasteiger partial charge is 0.449 e. The molecular weight excluding hydrogens is 320 g/mol. The van der Waals surface area contributed by atoms with Crippen LogP contribution in [0.15, 0.2) is 40.8 Å². The van der Waals surface area contributed by atoms with Crippen molar-refractivity contribution in [2.24, 2.45) is 5.92 Å². The quantitative estimate of drug-likeness (QED) is 0.852. The van der Waals surface area contributed by atoms with Crippen LogP contribution < -0.4 is 5.11 Å². The number of hydrogen-bond donors (Lipinski definition) is 1. The molecule has 2 rings (SSSR count). The van der Waals surface area contributed by atoms with Crippen LogP contribution in [-0.4, -0.2) is 11.1 Å². The number of carboxylic acids is 1. The van der Waals surface area contributed by atoms with E-state index in [1.54, 1.807) is 0 Å². The van der Waals surface area contributed by atoms with Gasteiger partial charge in [-0.15, -0.1) is 0 Å². The van der Waals surface area contributed by atoms with Crippen molar-refractivity contribution < 1.29 is 37.0 Å². The van der Waals surface area contributed by atoms with Crippen LogP contribution in [0.2, 0.25) is 0 Å². The molecule has 4 nitrogen and oxygen atoms in total. The van der Waals surface area contributed by atoms with Gasteiger partial charge in [0.1, 0.15) is 11.6 Å². The van der Waals surface area contributed by atoms with Crippen LogP contribution in [-0.2, 0) is 17.4 Å². The molecule has 0 aliphatic carbocycles. The van der Waals surface area contributed by atoms with Crippen molar-refractivity contribution >= 4 is 5.97 Å². The molecule has 0 amide bonds. The highest BCUT2D eigenvalue weighted by Crippen LogP contribution is 2.32. The first-order valence-electron chi connectivity index (χ1n) is 6.49. The number of aliphatic hydroxyl groups excluding tert-OH is 1. The van der Waals surface area contributed by atoms with Crippen molar-refractivity contribution in [2.45, 2.75) is 18.7 Å². The lowest BCUT2D eigenvalue weighted by molar-refractivity contribution is -0.314. The van der Waals surface area contributed by atoms with Gasteiger partial charge in [0.25, 0.3) is 0 Å². The minimum Gasteiger partial charge on any atom is -0.550 e. The maximum Gasteiger partial charge on any atom is 0.449 e. The van der Waals surface area contributed by atoms with Gasteiger partial charge in [0, 0.05) is 18.3 Å². The maximum atomic E-state index is 12.8. The molecule has 2 aromatic rings. The Morgan fingerprint density at radius 1 is 1.17 bits per heavy atom. The molecule has 8 heteroatoms. The van der Waals surface area contributed by atoms with E-state index in [0.29, 0.717) is 6.07 Å². The molecule has 2 unspecified atom stereocenters. The number of carboxylic acid groups (broad SMARTS) is 1. The van der Waals surface area contributed by atoms with Crippen LogP contribution in [0.3, 0.4) is 0 Å². The molecule has 0 saturated heterocycles. The van der Waals surface area contributed by atoms with Gasteiger partial charge in [-0.2, -0.15) is 13.2 Å². The van der Waals surface area contributed by atoms with E-state index in [1.165, 1.54) is 12.1 Å². The molecule has 0 radical (unpaired) electrons. The van der Waals surface area contributed by atoms with Gasteiger partial charge >= 0.3 is 6.18 Å². The Kier molecular flexibility index (Phi) is 4.74. The summed E-state index contributed by atoms with van der Waals surface area (Å²) >= 11 is 0. The standard InChI is InChI=1S/C15H12F4O4/c16-9-3-1-8(2-4-9)13(20)11(14(21)22)7-10-5-6-12(23-10)15(17,18)19/h1-6,11,13,20H,7H2,(H,21,22)/p-1. The Bertz CT molecular complexity index is 676. The van der Waals surface area contributed by atoms with Gasteiger partial charge in [-0.25, -0.2) is 4.39 Å². The predicted molar refractivity (Wildman–Crippen MR) is 67.3 cm³/mol. The number of carbonyl (C=O) groups excluding carboxylic acids is 1. The first-order chi connectivity index (χ1) is 10.7. The summed E-state index contributed by atoms with van der Waals surface area (Å²) in [6.45, 7) is 0. The van der Waals surface area contributed by atoms with E-state index in [2.05, 4.69) is 4.42 Å². The first kappa shape index (κ1) is 17.0. The second kappa shape index (κ2) is 6.41. The van der Waals surface area contributed by atoms with Gasteiger partial charge in [0.15, 0.2) is 0 Å². The van der Waals surface area contributed by atoms with Crippen LogP contribution in [0, 0.1) is 11.7 Å². The number of hydrogen-bond acceptors (Lipinski definition) is 4. The molecule has 124 valence electrons. The van der Waals surface area contributed by atoms with E-state index in [1.807, 2.05) is 0 Å². The molecule has 0 aliphatic heterocycles. The van der Waals surface area contributed by atoms with E-state index >= 15 is 0 Å². The molecule has 0 bridgehead atoms. The lowest BCUT2D eigenvalue weighted by atomic mass is 9.92. The van der Waals surface area contributed by atoms with Crippen molar-refractivity contribution in [1.29, 1.82) is 0 Å². The summed E-state index contributed by atoms with van der Waals surface area (Å²) in [5.41, 5.74) is 0.100. The number of rotatable bonds is 5. The van der Waals surface area contributed by atoms with Crippen molar-refractivity contribution in [3.05, 3.63) is 59.3 Å². The summed E-state index contributed by atoms with van der Waals surface area (Å²) in [5, 5.41) is 21.2. The average Bonchev–Trinajstić information content (AvgIpc) is 2.93. The molecule has 1 heterocycles. The van der Waals surface area contributed by atoms with Crippen molar-refractivity contribution in [2.75, 3.05) is 0 Å². The summed E-state index contributed by atoms with van der Waals surface area (Å²) in [5.74, 6) is -5.31. The third-order valence-corrected chi connectivity index (χ3v) is 3.26. The van der Waals surface area contributed by atoms with Gasteiger partial charge in [-0.1, -0.05) is 12.1 Å². The number of aliphatic carboxylic acids is 1. The Labute approximate surface area is 128 Å². The first-order valence-corrected chi connectivity index (χ1v) is 6.49. The lowest BCUT2D eigenvalue weighted by Gasteiger charge is -2.23. The molecular formula is C15H11F4O4-. The van der Waals surface area contributed by atoms with Crippen LogP contribution >= 0.6 is 0 Å². The molecule has 0 aliphatic rings. The zero-order valence-electron chi connectivity index (χ0n) is 11.5. The monoisotopic (exact) mass is 331 g/mol. The third-order valence-electron chi connectivity index (χ3n) is 3.26. The van der Waals surface area contributed by atoms with Gasteiger partial charge in [-0.3, -0.25) is 0 Å². The molecule has 0 fully saturated rings. The van der Waals surface area contributed by atoms with E-state index in [4.69, 9.17) is 0 Å². The minimum atomic E-state index is -4.69. The summed E-state index contributed by atoms with van der Waals surface area (Å²) in [6.07, 6.45) is -6.78. The molecule has 1 aromatic carbocycles. The highest BCUT2D eigenvalue weighted by molar-refractivity contribution is 5.69. The molecule has 0 spiro atoms. The van der Waals surface area contributed by atoms with E-state index < -0.39 is 42.2 Å². The SMILES string of the molecule is O=C([O-])C(Cc1ccc(C(F)(F)F)o1)C(O)c1ccc(F)cc1. The Morgan fingerprint density at radius 2 is 1.78 bits per heavy atom. The summed E-state index contributed by atoms with van der Waals surface area (Å²) in [7, 11) is 0. The van der Waals surface area contributed by atoms with Gasteiger partial charge in [-0.05, 0) is 29.8 Å². The van der Waals surface area contributed by atoms with E-state index in [9.17, 15) is 32.6 Å². The number of aliphatic hydroxyl groups is 1. The fourth-order valence-electron chi connectivity index (χ4n) is 2.07. The molecule has 2 atom stereocenters. The second-order valence-corrected chi connectivity index (χ2v) is 4.89. The van der Waals surface area contributed by atoms with Crippen LogP contribution in [0.4, 0.5) is 17.6 Å². The van der Waals surface area contributed by atoms with Crippen molar-refractivity contribution in [3.63, 3.8) is 0 Å². The van der Waals surface area contributed by atoms with Crippen LogP contribution in [0.25, 0.3) is 0 Å². The third kappa shape index (κ3) is 4.10. The lowest BCUT2D eigenvalue weighted by Crippen LogP contribution is -2.36.